The van der Waals surface area contributed by atoms with Gasteiger partial charge in [0.2, 0.25) is 0 Å². The number of hydrogen-bond donors (Lipinski definition) is 2. The van der Waals surface area contributed by atoms with Crippen molar-refractivity contribution in [2.45, 2.75) is 4.90 Å². The molecule has 1 unspecified atom stereocenters. The van der Waals surface area contributed by atoms with Crippen molar-refractivity contribution >= 4 is 26.2 Å². The minimum atomic E-state index is -5.06. The molecule has 0 saturated heterocycles. The van der Waals surface area contributed by atoms with E-state index >= 15 is 0 Å². The standard InChI is InChI=1S/C6H8O8P2S.Zr/c7-15(13-16(8,9)10)14-17(11,12)6-4-2-1-3-5-6;/h1-5,15H,(H2,8,9,10);. The molecule has 1 atom stereocenters. The first kappa shape index (κ1) is 18.4. The van der Waals surface area contributed by atoms with E-state index in [4.69, 9.17) is 9.79 Å². The fourth-order valence-corrected chi connectivity index (χ4v) is 3.60. The van der Waals surface area contributed by atoms with Crippen LogP contribution in [0.2, 0.25) is 0 Å². The van der Waals surface area contributed by atoms with Crippen LogP contribution in [-0.4, -0.2) is 18.2 Å². The molecule has 0 aliphatic carbocycles. The molecule has 0 spiro atoms. The van der Waals surface area contributed by atoms with Gasteiger partial charge in [-0.05, 0) is 12.1 Å². The summed E-state index contributed by atoms with van der Waals surface area (Å²) in [5.41, 5.74) is 0. The van der Waals surface area contributed by atoms with Gasteiger partial charge in [-0.3, -0.25) is 4.57 Å². The Labute approximate surface area is 123 Å². The molecular formula is C6H8O8P2SZr. The first-order valence-electron chi connectivity index (χ1n) is 3.99. The molecule has 0 aliphatic rings. The van der Waals surface area contributed by atoms with E-state index in [1.165, 1.54) is 24.3 Å². The maximum atomic E-state index is 11.4. The molecule has 8 nitrogen and oxygen atoms in total. The topological polar surface area (TPSA) is 127 Å². The maximum Gasteiger partial charge on any atom is 0.476 e. The van der Waals surface area contributed by atoms with Gasteiger partial charge in [-0.1, -0.05) is 18.2 Å². The van der Waals surface area contributed by atoms with Gasteiger partial charge in [0.05, 0.1) is 4.90 Å². The van der Waals surface area contributed by atoms with Crippen molar-refractivity contribution in [2.24, 2.45) is 0 Å². The third kappa shape index (κ3) is 6.50. The van der Waals surface area contributed by atoms with Gasteiger partial charge in [0.15, 0.2) is 0 Å². The summed E-state index contributed by atoms with van der Waals surface area (Å²) in [5.74, 6) is 0. The molecule has 0 amide bonds. The minimum absolute atomic E-state index is 0. The normalized spacial score (nSPS) is 13.7. The Morgan fingerprint density at radius 2 is 1.67 bits per heavy atom. The maximum absolute atomic E-state index is 11.4. The molecule has 0 aromatic heterocycles. The van der Waals surface area contributed by atoms with Crippen LogP contribution in [0.5, 0.6) is 0 Å². The van der Waals surface area contributed by atoms with Crippen molar-refractivity contribution < 1.29 is 61.8 Å². The second-order valence-corrected chi connectivity index (χ2v) is 6.94. The van der Waals surface area contributed by atoms with E-state index in [9.17, 15) is 17.5 Å². The van der Waals surface area contributed by atoms with E-state index in [0.29, 0.717) is 0 Å². The summed E-state index contributed by atoms with van der Waals surface area (Å²) in [6.07, 6.45) is 0. The molecule has 1 aromatic rings. The van der Waals surface area contributed by atoms with E-state index in [2.05, 4.69) is 8.28 Å². The first-order valence-corrected chi connectivity index (χ1v) is 8.16. The second kappa shape index (κ2) is 7.22. The van der Waals surface area contributed by atoms with Gasteiger partial charge >= 0.3 is 26.2 Å². The summed E-state index contributed by atoms with van der Waals surface area (Å²) < 4.78 is 51.6. The molecule has 1 rings (SSSR count). The Morgan fingerprint density at radius 1 is 1.17 bits per heavy atom. The largest absolute Gasteiger partial charge is 0.476 e. The van der Waals surface area contributed by atoms with E-state index in [0.717, 1.165) is 0 Å². The van der Waals surface area contributed by atoms with Crippen LogP contribution in [0.15, 0.2) is 35.2 Å². The average Bonchev–Trinajstić information content (AvgIpc) is 2.15. The van der Waals surface area contributed by atoms with Gasteiger partial charge in [0, 0.05) is 26.2 Å². The molecule has 0 heterocycles. The molecule has 2 N–H and O–H groups in total. The van der Waals surface area contributed by atoms with Crippen molar-refractivity contribution in [3.05, 3.63) is 30.3 Å². The van der Waals surface area contributed by atoms with Crippen molar-refractivity contribution in [3.8, 4) is 0 Å². The molecule has 0 bridgehead atoms. The zero-order valence-corrected chi connectivity index (χ0v) is 13.8. The van der Waals surface area contributed by atoms with Gasteiger partial charge in [-0.25, -0.2) is 8.88 Å². The van der Waals surface area contributed by atoms with Crippen molar-refractivity contribution in [3.63, 3.8) is 0 Å². The van der Waals surface area contributed by atoms with Crippen LogP contribution in [-0.2, 0) is 53.7 Å². The average molecular weight is 393 g/mol. The molecule has 0 radical (unpaired) electrons. The van der Waals surface area contributed by atoms with Crippen LogP contribution in [0.1, 0.15) is 0 Å². The predicted octanol–water partition coefficient (Wildman–Crippen LogP) is 0.888. The summed E-state index contributed by atoms with van der Waals surface area (Å²) in [6.45, 7) is 0. The third-order valence-electron chi connectivity index (χ3n) is 1.40. The molecule has 0 fully saturated rings. The summed E-state index contributed by atoms with van der Waals surface area (Å²) >= 11 is 0. The number of phosphoric acid groups is 1. The van der Waals surface area contributed by atoms with E-state index < -0.39 is 26.2 Å². The van der Waals surface area contributed by atoms with Crippen LogP contribution in [0.4, 0.5) is 0 Å². The van der Waals surface area contributed by atoms with Crippen LogP contribution < -0.4 is 0 Å². The van der Waals surface area contributed by atoms with Gasteiger partial charge < -0.3 is 9.79 Å². The van der Waals surface area contributed by atoms with Crippen molar-refractivity contribution in [1.82, 2.24) is 0 Å². The van der Waals surface area contributed by atoms with Crippen molar-refractivity contribution in [1.29, 1.82) is 0 Å². The van der Waals surface area contributed by atoms with Crippen LogP contribution in [0.25, 0.3) is 0 Å². The Bertz CT molecular complexity index is 552. The molecular weight excluding hydrogens is 385 g/mol. The molecule has 12 heteroatoms. The van der Waals surface area contributed by atoms with E-state index in [-0.39, 0.29) is 31.1 Å². The van der Waals surface area contributed by atoms with Crippen LogP contribution in [0.3, 0.4) is 0 Å². The zero-order chi connectivity index (χ0) is 13.1. The quantitative estimate of drug-likeness (QED) is 0.706. The molecule has 0 saturated carbocycles. The van der Waals surface area contributed by atoms with Gasteiger partial charge in [-0.15, -0.1) is 0 Å². The number of benzene rings is 1. The smallest absolute Gasteiger partial charge is 0.302 e. The molecule has 1 aromatic carbocycles. The van der Waals surface area contributed by atoms with Crippen LogP contribution in [0, 0.1) is 0 Å². The fraction of sp³-hybridized carbons (Fsp3) is 0. The molecule has 100 valence electrons. The van der Waals surface area contributed by atoms with Gasteiger partial charge in [-0.2, -0.15) is 12.4 Å². The SMILES string of the molecule is O=[PH](OP(=O)(O)O)OS(=O)(=O)c1ccccc1.[Zr]. The van der Waals surface area contributed by atoms with Crippen LogP contribution >= 0.6 is 16.1 Å². The second-order valence-electron chi connectivity index (χ2n) is 2.68. The van der Waals surface area contributed by atoms with E-state index in [1.807, 2.05) is 0 Å². The van der Waals surface area contributed by atoms with Gasteiger partial charge in [0.1, 0.15) is 0 Å². The summed E-state index contributed by atoms with van der Waals surface area (Å²) in [7, 11) is -13.3. The van der Waals surface area contributed by atoms with Gasteiger partial charge in [0.25, 0.3) is 0 Å². The Hall–Kier alpha value is 0.353. The summed E-state index contributed by atoms with van der Waals surface area (Å²) in [6, 6.07) is 6.69. The van der Waals surface area contributed by atoms with E-state index in [1.54, 1.807) is 6.07 Å². The zero-order valence-electron chi connectivity index (χ0n) is 8.59. The third-order valence-corrected chi connectivity index (χ3v) is 5.22. The summed E-state index contributed by atoms with van der Waals surface area (Å²) in [4.78, 5) is 16.3. The molecule has 0 aliphatic heterocycles. The minimum Gasteiger partial charge on any atom is -0.302 e. The van der Waals surface area contributed by atoms with Crippen molar-refractivity contribution in [2.75, 3.05) is 0 Å². The molecule has 18 heavy (non-hydrogen) atoms. The monoisotopic (exact) mass is 392 g/mol. The Balaban J connectivity index is 0.00000289. The first-order chi connectivity index (χ1) is 7.71. The number of hydrogen-bond acceptors (Lipinski definition) is 6. The Kier molecular flexibility index (Phi) is 7.36. The summed E-state index contributed by atoms with van der Waals surface area (Å²) in [5, 5.41) is 0. The fourth-order valence-electron chi connectivity index (χ4n) is 0.837. The predicted molar refractivity (Wildman–Crippen MR) is 56.8 cm³/mol. The number of rotatable bonds is 5. The Morgan fingerprint density at radius 3 is 2.11 bits per heavy atom.